The summed E-state index contributed by atoms with van der Waals surface area (Å²) in [5.41, 5.74) is 0.448. The van der Waals surface area contributed by atoms with E-state index in [1.54, 1.807) is 0 Å². The summed E-state index contributed by atoms with van der Waals surface area (Å²) in [6, 6.07) is 0. The zero-order chi connectivity index (χ0) is 19.7. The van der Waals surface area contributed by atoms with E-state index in [1.807, 2.05) is 0 Å². The summed E-state index contributed by atoms with van der Waals surface area (Å²) in [5, 5.41) is 0. The Kier molecular flexibility index (Phi) is 16.4. The summed E-state index contributed by atoms with van der Waals surface area (Å²) in [7, 11) is 4.12. The number of carbonyl (C=O) groups is 1. The van der Waals surface area contributed by atoms with Crippen LogP contribution in [0.2, 0.25) is 0 Å². The molecule has 0 aliphatic heterocycles. The third-order valence-corrected chi connectivity index (χ3v) is 4.98. The smallest absolute Gasteiger partial charge is 0.305 e. The molecule has 0 unspecified atom stereocenters. The van der Waals surface area contributed by atoms with Crippen molar-refractivity contribution < 1.29 is 9.53 Å². The summed E-state index contributed by atoms with van der Waals surface area (Å²) < 4.78 is 5.26. The van der Waals surface area contributed by atoms with Gasteiger partial charge in [0.15, 0.2) is 0 Å². The van der Waals surface area contributed by atoms with Crippen molar-refractivity contribution in [2.45, 2.75) is 84.5 Å². The number of allylic oxidation sites excluding steroid dienone is 2. The van der Waals surface area contributed by atoms with Crippen molar-refractivity contribution in [1.29, 1.82) is 0 Å². The molecule has 0 saturated carbocycles. The van der Waals surface area contributed by atoms with Crippen LogP contribution in [0.15, 0.2) is 12.2 Å². The van der Waals surface area contributed by atoms with Gasteiger partial charge in [-0.2, -0.15) is 12.6 Å². The Hall–Kier alpha value is -0.480. The van der Waals surface area contributed by atoms with Crippen LogP contribution in [0, 0.1) is 5.41 Å². The fourth-order valence-electron chi connectivity index (χ4n) is 2.94. The van der Waals surface area contributed by atoms with Gasteiger partial charge in [0.2, 0.25) is 0 Å². The third kappa shape index (κ3) is 18.3. The Morgan fingerprint density at radius 3 is 2.27 bits per heavy atom. The molecule has 0 bridgehead atoms. The Morgan fingerprint density at radius 2 is 1.62 bits per heavy atom. The van der Waals surface area contributed by atoms with Crippen molar-refractivity contribution in [2.75, 3.05) is 33.0 Å². The van der Waals surface area contributed by atoms with E-state index in [0.29, 0.717) is 18.4 Å². The van der Waals surface area contributed by atoms with Gasteiger partial charge in [-0.3, -0.25) is 4.79 Å². The zero-order valence-electron chi connectivity index (χ0n) is 17.8. The lowest BCUT2D eigenvalue weighted by molar-refractivity contribution is -0.143. The van der Waals surface area contributed by atoms with Gasteiger partial charge in [-0.1, -0.05) is 26.0 Å². The van der Waals surface area contributed by atoms with Crippen molar-refractivity contribution in [1.82, 2.24) is 4.90 Å². The molecule has 0 aromatic carbocycles. The zero-order valence-corrected chi connectivity index (χ0v) is 18.7. The SMILES string of the molecule is CN(C)CCCCOC(=O)CCCC/C=C\CCCC(C)(C)CCCS. The Bertz CT molecular complexity index is 367. The summed E-state index contributed by atoms with van der Waals surface area (Å²) in [6.07, 6.45) is 16.4. The first-order valence-corrected chi connectivity index (χ1v) is 11.1. The van der Waals surface area contributed by atoms with E-state index >= 15 is 0 Å². The molecule has 0 radical (unpaired) electrons. The van der Waals surface area contributed by atoms with Gasteiger partial charge in [0.1, 0.15) is 0 Å². The molecule has 0 saturated heterocycles. The molecule has 0 heterocycles. The monoisotopic (exact) mass is 385 g/mol. The predicted octanol–water partition coefficient (Wildman–Crippen LogP) is 5.89. The van der Waals surface area contributed by atoms with Gasteiger partial charge in [-0.15, -0.1) is 0 Å². The standard InChI is InChI=1S/C22H43NO2S/c1-22(2,17-14-20-26)16-11-9-7-5-6-8-10-15-21(24)25-19-13-12-18-23(3)4/h5,7,26H,6,8-20H2,1-4H3/b7-5-. The van der Waals surface area contributed by atoms with Crippen LogP contribution in [0.1, 0.15) is 84.5 Å². The average molecular weight is 386 g/mol. The van der Waals surface area contributed by atoms with Crippen LogP contribution in [-0.4, -0.2) is 43.9 Å². The van der Waals surface area contributed by atoms with Crippen LogP contribution in [0.3, 0.4) is 0 Å². The normalized spacial score (nSPS) is 12.2. The molecule has 0 aliphatic carbocycles. The molecule has 154 valence electrons. The number of thiol groups is 1. The molecule has 3 nitrogen and oxygen atoms in total. The van der Waals surface area contributed by atoms with Crippen molar-refractivity contribution in [3.8, 4) is 0 Å². The molecule has 0 aromatic heterocycles. The van der Waals surface area contributed by atoms with Gasteiger partial charge in [-0.05, 0) is 96.0 Å². The van der Waals surface area contributed by atoms with E-state index < -0.39 is 0 Å². The van der Waals surface area contributed by atoms with Gasteiger partial charge in [0, 0.05) is 6.42 Å². The molecule has 0 N–H and O–H groups in total. The molecule has 0 fully saturated rings. The predicted molar refractivity (Wildman–Crippen MR) is 117 cm³/mol. The van der Waals surface area contributed by atoms with Crippen LogP contribution in [0.25, 0.3) is 0 Å². The highest BCUT2D eigenvalue weighted by Gasteiger charge is 2.15. The highest BCUT2D eigenvalue weighted by Crippen LogP contribution is 2.29. The molecular weight excluding hydrogens is 342 g/mol. The van der Waals surface area contributed by atoms with Gasteiger partial charge >= 0.3 is 5.97 Å². The average Bonchev–Trinajstić information content (AvgIpc) is 2.58. The highest BCUT2D eigenvalue weighted by molar-refractivity contribution is 7.80. The van der Waals surface area contributed by atoms with Crippen molar-refractivity contribution >= 4 is 18.6 Å². The maximum atomic E-state index is 11.6. The second-order valence-electron chi connectivity index (χ2n) is 8.33. The first-order chi connectivity index (χ1) is 12.4. The van der Waals surface area contributed by atoms with Crippen molar-refractivity contribution in [2.24, 2.45) is 5.41 Å². The van der Waals surface area contributed by atoms with Crippen LogP contribution < -0.4 is 0 Å². The number of nitrogens with zero attached hydrogens (tertiary/aromatic N) is 1. The van der Waals surface area contributed by atoms with Crippen molar-refractivity contribution in [3.63, 3.8) is 0 Å². The van der Waals surface area contributed by atoms with Crippen LogP contribution >= 0.6 is 12.6 Å². The lowest BCUT2D eigenvalue weighted by Gasteiger charge is -2.23. The van der Waals surface area contributed by atoms with Gasteiger partial charge in [-0.25, -0.2) is 0 Å². The second-order valence-corrected chi connectivity index (χ2v) is 8.78. The molecule has 26 heavy (non-hydrogen) atoms. The van der Waals surface area contributed by atoms with E-state index in [9.17, 15) is 4.79 Å². The largest absolute Gasteiger partial charge is 0.466 e. The summed E-state index contributed by atoms with van der Waals surface area (Å²) in [4.78, 5) is 13.8. The van der Waals surface area contributed by atoms with Crippen LogP contribution in [-0.2, 0) is 9.53 Å². The minimum Gasteiger partial charge on any atom is -0.466 e. The fraction of sp³-hybridized carbons (Fsp3) is 0.864. The Balaban J connectivity index is 3.45. The number of carbonyl (C=O) groups excluding carboxylic acids is 1. The van der Waals surface area contributed by atoms with Gasteiger partial charge < -0.3 is 9.64 Å². The minimum atomic E-state index is -0.0396. The lowest BCUT2D eigenvalue weighted by Crippen LogP contribution is -2.14. The number of rotatable bonds is 17. The maximum absolute atomic E-state index is 11.6. The van der Waals surface area contributed by atoms with E-state index in [0.717, 1.165) is 44.4 Å². The quantitative estimate of drug-likeness (QED) is 0.146. The van der Waals surface area contributed by atoms with E-state index in [-0.39, 0.29) is 5.97 Å². The Morgan fingerprint density at radius 1 is 0.962 bits per heavy atom. The summed E-state index contributed by atoms with van der Waals surface area (Å²) in [6.45, 7) is 6.34. The number of hydrogen-bond donors (Lipinski definition) is 1. The van der Waals surface area contributed by atoms with Crippen molar-refractivity contribution in [3.05, 3.63) is 12.2 Å². The molecule has 0 spiro atoms. The van der Waals surface area contributed by atoms with Gasteiger partial charge in [0.25, 0.3) is 0 Å². The van der Waals surface area contributed by atoms with E-state index in [2.05, 4.69) is 57.6 Å². The molecule has 0 amide bonds. The summed E-state index contributed by atoms with van der Waals surface area (Å²) >= 11 is 4.30. The maximum Gasteiger partial charge on any atom is 0.305 e. The molecule has 0 atom stereocenters. The van der Waals surface area contributed by atoms with Crippen LogP contribution in [0.4, 0.5) is 0 Å². The summed E-state index contributed by atoms with van der Waals surface area (Å²) in [5.74, 6) is 0.954. The highest BCUT2D eigenvalue weighted by atomic mass is 32.1. The Labute approximate surface area is 168 Å². The number of hydrogen-bond acceptors (Lipinski definition) is 4. The first kappa shape index (κ1) is 25.5. The van der Waals surface area contributed by atoms with Crippen LogP contribution in [0.5, 0.6) is 0 Å². The molecule has 4 heteroatoms. The van der Waals surface area contributed by atoms with Gasteiger partial charge in [0.05, 0.1) is 6.61 Å². The molecule has 0 rings (SSSR count). The molecule has 0 aliphatic rings. The number of ether oxygens (including phenoxy) is 1. The fourth-order valence-corrected chi connectivity index (χ4v) is 3.09. The first-order valence-electron chi connectivity index (χ1n) is 10.4. The molecule has 0 aromatic rings. The lowest BCUT2D eigenvalue weighted by atomic mass is 9.83. The second kappa shape index (κ2) is 16.7. The van der Waals surface area contributed by atoms with E-state index in [1.165, 1.54) is 32.1 Å². The minimum absolute atomic E-state index is 0.0396. The topological polar surface area (TPSA) is 29.5 Å². The van der Waals surface area contributed by atoms with E-state index in [4.69, 9.17) is 4.74 Å². The third-order valence-electron chi connectivity index (χ3n) is 4.67. The number of esters is 1. The number of unbranched alkanes of at least 4 members (excludes halogenated alkanes) is 4. The molecular formula is C22H43NO2S.